The molecule has 16 heavy (non-hydrogen) atoms. The van der Waals surface area contributed by atoms with E-state index in [1.165, 1.54) is 38.5 Å². The predicted octanol–water partition coefficient (Wildman–Crippen LogP) is 3.10. The molecule has 1 saturated carbocycles. The van der Waals surface area contributed by atoms with Gasteiger partial charge in [0, 0.05) is 12.6 Å². The SMILES string of the molecule is CC(C)CC(C)(O)CNC1CCCCCC1. The Hall–Kier alpha value is -0.0800. The summed E-state index contributed by atoms with van der Waals surface area (Å²) in [6.07, 6.45) is 8.94. The lowest BCUT2D eigenvalue weighted by Gasteiger charge is -2.28. The highest BCUT2D eigenvalue weighted by Crippen LogP contribution is 2.19. The van der Waals surface area contributed by atoms with Gasteiger partial charge in [0.25, 0.3) is 0 Å². The van der Waals surface area contributed by atoms with Crippen molar-refractivity contribution in [2.24, 2.45) is 5.92 Å². The summed E-state index contributed by atoms with van der Waals surface area (Å²) >= 11 is 0. The van der Waals surface area contributed by atoms with Gasteiger partial charge in [0.2, 0.25) is 0 Å². The molecule has 1 fully saturated rings. The van der Waals surface area contributed by atoms with Gasteiger partial charge in [-0.3, -0.25) is 0 Å². The van der Waals surface area contributed by atoms with Crippen molar-refractivity contribution >= 4 is 0 Å². The fourth-order valence-corrected chi connectivity index (χ4v) is 2.80. The van der Waals surface area contributed by atoms with E-state index in [-0.39, 0.29) is 0 Å². The van der Waals surface area contributed by atoms with Crippen LogP contribution in [0.25, 0.3) is 0 Å². The summed E-state index contributed by atoms with van der Waals surface area (Å²) < 4.78 is 0. The first kappa shape index (κ1) is 14.0. The minimum absolute atomic E-state index is 0.541. The average Bonchev–Trinajstić information content (AvgIpc) is 2.40. The first-order valence-corrected chi connectivity index (χ1v) is 6.95. The smallest absolute Gasteiger partial charge is 0.0746 e. The maximum absolute atomic E-state index is 10.2. The number of hydrogen-bond donors (Lipinski definition) is 2. The molecule has 0 saturated heterocycles. The fourth-order valence-electron chi connectivity index (χ4n) is 2.80. The van der Waals surface area contributed by atoms with Crippen molar-refractivity contribution in [2.45, 2.75) is 77.4 Å². The predicted molar refractivity (Wildman–Crippen MR) is 69.6 cm³/mol. The van der Waals surface area contributed by atoms with Gasteiger partial charge in [0.05, 0.1) is 5.60 Å². The second kappa shape index (κ2) is 6.61. The van der Waals surface area contributed by atoms with Crippen LogP contribution >= 0.6 is 0 Å². The second-order valence-electron chi connectivity index (χ2n) is 6.16. The van der Waals surface area contributed by atoms with E-state index >= 15 is 0 Å². The highest BCUT2D eigenvalue weighted by Gasteiger charge is 2.23. The molecule has 0 aromatic carbocycles. The van der Waals surface area contributed by atoms with E-state index in [9.17, 15) is 5.11 Å². The molecule has 2 N–H and O–H groups in total. The van der Waals surface area contributed by atoms with Crippen LogP contribution in [0.2, 0.25) is 0 Å². The minimum atomic E-state index is -0.541. The molecule has 1 rings (SSSR count). The van der Waals surface area contributed by atoms with E-state index in [1.54, 1.807) is 0 Å². The Kier molecular flexibility index (Phi) is 5.77. The molecule has 0 spiro atoms. The molecular weight excluding hydrogens is 198 g/mol. The summed E-state index contributed by atoms with van der Waals surface area (Å²) in [6, 6.07) is 0.640. The van der Waals surface area contributed by atoms with E-state index in [0.717, 1.165) is 13.0 Å². The molecule has 0 aliphatic heterocycles. The largest absolute Gasteiger partial charge is 0.389 e. The third-order valence-electron chi connectivity index (χ3n) is 3.47. The first-order chi connectivity index (χ1) is 7.49. The Labute approximate surface area is 101 Å². The third-order valence-corrected chi connectivity index (χ3v) is 3.47. The van der Waals surface area contributed by atoms with Crippen LogP contribution in [0, 0.1) is 5.92 Å². The molecule has 96 valence electrons. The van der Waals surface area contributed by atoms with Gasteiger partial charge in [-0.15, -0.1) is 0 Å². The monoisotopic (exact) mass is 227 g/mol. The van der Waals surface area contributed by atoms with E-state index in [1.807, 2.05) is 6.92 Å². The molecule has 2 heteroatoms. The van der Waals surface area contributed by atoms with Crippen LogP contribution < -0.4 is 5.32 Å². The molecule has 1 aliphatic rings. The van der Waals surface area contributed by atoms with Crippen molar-refractivity contribution in [1.29, 1.82) is 0 Å². The molecule has 0 radical (unpaired) electrons. The van der Waals surface area contributed by atoms with Crippen LogP contribution in [-0.2, 0) is 0 Å². The van der Waals surface area contributed by atoms with E-state index in [4.69, 9.17) is 0 Å². The van der Waals surface area contributed by atoms with Gasteiger partial charge in [-0.2, -0.15) is 0 Å². The van der Waals surface area contributed by atoms with Crippen LogP contribution in [0.1, 0.15) is 65.7 Å². The zero-order chi connectivity index (χ0) is 12.0. The van der Waals surface area contributed by atoms with Crippen molar-refractivity contribution in [1.82, 2.24) is 5.32 Å². The summed E-state index contributed by atoms with van der Waals surface area (Å²) in [5.41, 5.74) is -0.541. The average molecular weight is 227 g/mol. The fraction of sp³-hybridized carbons (Fsp3) is 1.00. The summed E-state index contributed by atoms with van der Waals surface area (Å²) in [7, 11) is 0. The van der Waals surface area contributed by atoms with Gasteiger partial charge in [-0.25, -0.2) is 0 Å². The zero-order valence-electron chi connectivity index (χ0n) is 11.3. The normalized spacial score (nSPS) is 23.1. The highest BCUT2D eigenvalue weighted by molar-refractivity contribution is 4.80. The first-order valence-electron chi connectivity index (χ1n) is 6.95. The lowest BCUT2D eigenvalue weighted by atomic mass is 9.93. The summed E-state index contributed by atoms with van der Waals surface area (Å²) in [5, 5.41) is 13.8. The van der Waals surface area contributed by atoms with Crippen molar-refractivity contribution in [3.05, 3.63) is 0 Å². The summed E-state index contributed by atoms with van der Waals surface area (Å²) in [4.78, 5) is 0. The second-order valence-corrected chi connectivity index (χ2v) is 6.16. The van der Waals surface area contributed by atoms with Crippen molar-refractivity contribution < 1.29 is 5.11 Å². The van der Waals surface area contributed by atoms with Gasteiger partial charge in [-0.1, -0.05) is 39.5 Å². The maximum atomic E-state index is 10.2. The molecule has 1 unspecified atom stereocenters. The van der Waals surface area contributed by atoms with Crippen molar-refractivity contribution in [2.75, 3.05) is 6.54 Å². The van der Waals surface area contributed by atoms with E-state index in [0.29, 0.717) is 12.0 Å². The lowest BCUT2D eigenvalue weighted by Crippen LogP contribution is -2.43. The Bertz CT molecular complexity index is 181. The molecule has 1 atom stereocenters. The van der Waals surface area contributed by atoms with Crippen molar-refractivity contribution in [3.63, 3.8) is 0 Å². The van der Waals surface area contributed by atoms with Crippen LogP contribution in [0.15, 0.2) is 0 Å². The summed E-state index contributed by atoms with van der Waals surface area (Å²) in [5.74, 6) is 0.561. The molecule has 0 aromatic rings. The molecule has 2 nitrogen and oxygen atoms in total. The van der Waals surface area contributed by atoms with Crippen LogP contribution in [0.5, 0.6) is 0 Å². The highest BCUT2D eigenvalue weighted by atomic mass is 16.3. The standard InChI is InChI=1S/C14H29NO/c1-12(2)10-14(3,16)11-15-13-8-6-4-5-7-9-13/h12-13,15-16H,4-11H2,1-3H3. The van der Waals surface area contributed by atoms with E-state index in [2.05, 4.69) is 19.2 Å². The van der Waals surface area contributed by atoms with Gasteiger partial charge in [-0.05, 0) is 32.1 Å². The van der Waals surface area contributed by atoms with E-state index < -0.39 is 5.60 Å². The molecule has 0 amide bonds. The van der Waals surface area contributed by atoms with Gasteiger partial charge < -0.3 is 10.4 Å². The Morgan fingerprint density at radius 2 is 1.75 bits per heavy atom. The molecular formula is C14H29NO. The molecule has 0 aromatic heterocycles. The Morgan fingerprint density at radius 1 is 1.19 bits per heavy atom. The molecule has 0 heterocycles. The molecule has 1 aliphatic carbocycles. The zero-order valence-corrected chi connectivity index (χ0v) is 11.3. The van der Waals surface area contributed by atoms with Gasteiger partial charge >= 0.3 is 0 Å². The van der Waals surface area contributed by atoms with Crippen LogP contribution in [0.3, 0.4) is 0 Å². The van der Waals surface area contributed by atoms with Crippen LogP contribution in [0.4, 0.5) is 0 Å². The van der Waals surface area contributed by atoms with Gasteiger partial charge in [0.1, 0.15) is 0 Å². The maximum Gasteiger partial charge on any atom is 0.0746 e. The lowest BCUT2D eigenvalue weighted by molar-refractivity contribution is 0.0354. The molecule has 0 bridgehead atoms. The Morgan fingerprint density at radius 3 is 2.25 bits per heavy atom. The van der Waals surface area contributed by atoms with Crippen molar-refractivity contribution in [3.8, 4) is 0 Å². The number of aliphatic hydroxyl groups is 1. The Balaban J connectivity index is 2.25. The summed E-state index contributed by atoms with van der Waals surface area (Å²) in [6.45, 7) is 7.03. The number of hydrogen-bond acceptors (Lipinski definition) is 2. The quantitative estimate of drug-likeness (QED) is 0.707. The number of rotatable bonds is 5. The van der Waals surface area contributed by atoms with Gasteiger partial charge in [0.15, 0.2) is 0 Å². The number of nitrogens with one attached hydrogen (secondary N) is 1. The van der Waals surface area contributed by atoms with Crippen LogP contribution in [-0.4, -0.2) is 23.3 Å². The topological polar surface area (TPSA) is 32.3 Å². The minimum Gasteiger partial charge on any atom is -0.389 e. The third kappa shape index (κ3) is 5.86.